The molecular formula is C14H10BrClN2OS. The van der Waals surface area contributed by atoms with Gasteiger partial charge in [-0.15, -0.1) is 0 Å². The molecule has 0 aliphatic rings. The summed E-state index contributed by atoms with van der Waals surface area (Å²) in [5.41, 5.74) is 7.18. The van der Waals surface area contributed by atoms with Crippen molar-refractivity contribution in [1.82, 2.24) is 0 Å². The molecule has 3 N–H and O–H groups in total. The van der Waals surface area contributed by atoms with Crippen LogP contribution in [0.5, 0.6) is 0 Å². The molecule has 2 rings (SSSR count). The fraction of sp³-hybridized carbons (Fsp3) is 0. The fourth-order valence-electron chi connectivity index (χ4n) is 1.67. The molecule has 0 spiro atoms. The average Bonchev–Trinajstić information content (AvgIpc) is 2.38. The van der Waals surface area contributed by atoms with E-state index in [4.69, 9.17) is 29.6 Å². The summed E-state index contributed by atoms with van der Waals surface area (Å²) in [4.78, 5) is 12.5. The van der Waals surface area contributed by atoms with E-state index in [0.29, 0.717) is 21.8 Å². The zero-order valence-electron chi connectivity index (χ0n) is 10.2. The number of hydrogen-bond acceptors (Lipinski definition) is 2. The van der Waals surface area contributed by atoms with Crippen LogP contribution in [0.25, 0.3) is 0 Å². The highest BCUT2D eigenvalue weighted by atomic mass is 79.9. The standard InChI is InChI=1S/C14H10BrClN2OS/c15-8-5-6-9(11(16)7-8)14(19)18-12-4-2-1-3-10(12)13(17)20/h1-7H,(H2,17,20)(H,18,19). The number of carbonyl (C=O) groups excluding carboxylic acids is 1. The molecule has 0 radical (unpaired) electrons. The first-order valence-electron chi connectivity index (χ1n) is 5.64. The lowest BCUT2D eigenvalue weighted by Gasteiger charge is -2.10. The van der Waals surface area contributed by atoms with Gasteiger partial charge in [-0.2, -0.15) is 0 Å². The number of thiocarbonyl (C=S) groups is 1. The van der Waals surface area contributed by atoms with E-state index in [1.807, 2.05) is 0 Å². The summed E-state index contributed by atoms with van der Waals surface area (Å²) in [6, 6.07) is 12.1. The molecule has 0 saturated carbocycles. The Morgan fingerprint density at radius 2 is 1.90 bits per heavy atom. The molecule has 3 nitrogen and oxygen atoms in total. The Bertz CT molecular complexity index is 691. The Morgan fingerprint density at radius 3 is 2.55 bits per heavy atom. The molecular weight excluding hydrogens is 360 g/mol. The van der Waals surface area contributed by atoms with Gasteiger partial charge in [0.05, 0.1) is 16.3 Å². The van der Waals surface area contributed by atoms with E-state index >= 15 is 0 Å². The van der Waals surface area contributed by atoms with Crippen LogP contribution in [0.15, 0.2) is 46.9 Å². The first-order valence-corrected chi connectivity index (χ1v) is 7.22. The fourth-order valence-corrected chi connectivity index (χ4v) is 2.61. The predicted molar refractivity (Wildman–Crippen MR) is 89.4 cm³/mol. The molecule has 2 aromatic carbocycles. The molecule has 0 atom stereocenters. The van der Waals surface area contributed by atoms with Gasteiger partial charge in [0.2, 0.25) is 0 Å². The van der Waals surface area contributed by atoms with Gasteiger partial charge in [-0.3, -0.25) is 4.79 Å². The molecule has 0 unspecified atom stereocenters. The quantitative estimate of drug-likeness (QED) is 0.804. The molecule has 0 aliphatic heterocycles. The largest absolute Gasteiger partial charge is 0.389 e. The molecule has 6 heteroatoms. The number of anilines is 1. The van der Waals surface area contributed by atoms with Crippen LogP contribution in [-0.2, 0) is 0 Å². The van der Waals surface area contributed by atoms with Crippen molar-refractivity contribution in [3.63, 3.8) is 0 Å². The number of rotatable bonds is 3. The minimum atomic E-state index is -0.314. The minimum absolute atomic E-state index is 0.225. The van der Waals surface area contributed by atoms with Gasteiger partial charge in [-0.1, -0.05) is 51.9 Å². The highest BCUT2D eigenvalue weighted by Gasteiger charge is 2.13. The summed E-state index contributed by atoms with van der Waals surface area (Å²) >= 11 is 14.3. The van der Waals surface area contributed by atoms with Crippen molar-refractivity contribution in [3.05, 3.63) is 63.1 Å². The third kappa shape index (κ3) is 3.36. The first-order chi connectivity index (χ1) is 9.49. The number of carbonyl (C=O) groups is 1. The van der Waals surface area contributed by atoms with Crippen LogP contribution in [-0.4, -0.2) is 10.9 Å². The van der Waals surface area contributed by atoms with E-state index < -0.39 is 0 Å². The molecule has 0 fully saturated rings. The van der Waals surface area contributed by atoms with Gasteiger partial charge in [-0.05, 0) is 30.3 Å². The second kappa shape index (κ2) is 6.35. The summed E-state index contributed by atoms with van der Waals surface area (Å²) in [7, 11) is 0. The van der Waals surface area contributed by atoms with Gasteiger partial charge in [0.1, 0.15) is 4.99 Å². The van der Waals surface area contributed by atoms with Crippen LogP contribution in [0.1, 0.15) is 15.9 Å². The van der Waals surface area contributed by atoms with Crippen molar-refractivity contribution in [1.29, 1.82) is 0 Å². The molecule has 1 amide bonds. The van der Waals surface area contributed by atoms with Crippen molar-refractivity contribution in [2.45, 2.75) is 0 Å². The Balaban J connectivity index is 2.30. The maximum absolute atomic E-state index is 12.2. The summed E-state index contributed by atoms with van der Waals surface area (Å²) in [6.07, 6.45) is 0. The van der Waals surface area contributed by atoms with Crippen LogP contribution in [0.4, 0.5) is 5.69 Å². The van der Waals surface area contributed by atoms with Gasteiger partial charge in [0, 0.05) is 10.0 Å². The predicted octanol–water partition coefficient (Wildman–Crippen LogP) is 3.99. The Labute approximate surface area is 135 Å². The van der Waals surface area contributed by atoms with E-state index in [9.17, 15) is 4.79 Å². The molecule has 0 heterocycles. The van der Waals surface area contributed by atoms with Crippen LogP contribution in [0.3, 0.4) is 0 Å². The Morgan fingerprint density at radius 1 is 1.20 bits per heavy atom. The molecule has 102 valence electrons. The van der Waals surface area contributed by atoms with Crippen LogP contribution < -0.4 is 11.1 Å². The first kappa shape index (κ1) is 15.0. The number of nitrogens with one attached hydrogen (secondary N) is 1. The lowest BCUT2D eigenvalue weighted by molar-refractivity contribution is 0.102. The normalized spacial score (nSPS) is 10.1. The highest BCUT2D eigenvalue weighted by molar-refractivity contribution is 9.10. The lowest BCUT2D eigenvalue weighted by atomic mass is 10.1. The van der Waals surface area contributed by atoms with Crippen molar-refractivity contribution < 1.29 is 4.79 Å². The smallest absolute Gasteiger partial charge is 0.257 e. The number of benzene rings is 2. The molecule has 0 aromatic heterocycles. The molecule has 0 aliphatic carbocycles. The maximum Gasteiger partial charge on any atom is 0.257 e. The van der Waals surface area contributed by atoms with Crippen LogP contribution in [0.2, 0.25) is 5.02 Å². The molecule has 2 aromatic rings. The Hall–Kier alpha value is -1.43. The van der Waals surface area contributed by atoms with Crippen molar-refractivity contribution >= 4 is 56.3 Å². The van der Waals surface area contributed by atoms with Crippen molar-refractivity contribution in [2.75, 3.05) is 5.32 Å². The van der Waals surface area contributed by atoms with E-state index in [-0.39, 0.29) is 10.9 Å². The topological polar surface area (TPSA) is 55.1 Å². The third-order valence-electron chi connectivity index (χ3n) is 2.62. The van der Waals surface area contributed by atoms with E-state index in [1.165, 1.54) is 0 Å². The summed E-state index contributed by atoms with van der Waals surface area (Å²) < 4.78 is 0.808. The second-order valence-corrected chi connectivity index (χ2v) is 5.75. The number of halogens is 2. The van der Waals surface area contributed by atoms with E-state index in [0.717, 1.165) is 4.47 Å². The summed E-state index contributed by atoms with van der Waals surface area (Å²) in [5, 5.41) is 3.13. The van der Waals surface area contributed by atoms with Crippen LogP contribution >= 0.6 is 39.7 Å². The number of hydrogen-bond donors (Lipinski definition) is 2. The second-order valence-electron chi connectivity index (χ2n) is 3.99. The SMILES string of the molecule is NC(=S)c1ccccc1NC(=O)c1ccc(Br)cc1Cl. The van der Waals surface area contributed by atoms with Crippen LogP contribution in [0, 0.1) is 0 Å². The van der Waals surface area contributed by atoms with Gasteiger partial charge >= 0.3 is 0 Å². The van der Waals surface area contributed by atoms with Gasteiger partial charge in [0.15, 0.2) is 0 Å². The lowest BCUT2D eigenvalue weighted by Crippen LogP contribution is -2.17. The zero-order chi connectivity index (χ0) is 14.7. The van der Waals surface area contributed by atoms with Crippen molar-refractivity contribution in [3.8, 4) is 0 Å². The average molecular weight is 370 g/mol. The van der Waals surface area contributed by atoms with Crippen molar-refractivity contribution in [2.24, 2.45) is 5.73 Å². The monoisotopic (exact) mass is 368 g/mol. The summed E-state index contributed by atoms with van der Waals surface area (Å²) in [6.45, 7) is 0. The van der Waals surface area contributed by atoms with Gasteiger partial charge < -0.3 is 11.1 Å². The number of nitrogens with two attached hydrogens (primary N) is 1. The minimum Gasteiger partial charge on any atom is -0.389 e. The molecule has 0 saturated heterocycles. The summed E-state index contributed by atoms with van der Waals surface area (Å²) in [5.74, 6) is -0.314. The third-order valence-corrected chi connectivity index (χ3v) is 3.64. The molecule has 0 bridgehead atoms. The Kier molecular flexibility index (Phi) is 4.75. The van der Waals surface area contributed by atoms with Gasteiger partial charge in [0.25, 0.3) is 5.91 Å². The van der Waals surface area contributed by atoms with Gasteiger partial charge in [-0.25, -0.2) is 0 Å². The van der Waals surface area contributed by atoms with E-state index in [1.54, 1.807) is 42.5 Å². The number of amides is 1. The highest BCUT2D eigenvalue weighted by Crippen LogP contribution is 2.23. The van der Waals surface area contributed by atoms with E-state index in [2.05, 4.69) is 21.2 Å². The number of para-hydroxylation sites is 1. The molecule has 20 heavy (non-hydrogen) atoms. The maximum atomic E-state index is 12.2. The zero-order valence-corrected chi connectivity index (χ0v) is 13.3.